The molecule has 0 spiro atoms. The van der Waals surface area contributed by atoms with Crippen molar-refractivity contribution in [2.24, 2.45) is 0 Å². The third kappa shape index (κ3) is 5.34. The third-order valence-corrected chi connectivity index (χ3v) is 6.81. The fourth-order valence-corrected chi connectivity index (χ4v) is 4.15. The van der Waals surface area contributed by atoms with Gasteiger partial charge in [-0.05, 0) is 28.8 Å². The number of carbonyl (C=O) groups excluding carboxylic acids is 1. The number of hydrogen-bond acceptors (Lipinski definition) is 3. The lowest BCUT2D eigenvalue weighted by Crippen LogP contribution is -2.25. The monoisotopic (exact) mass is 422 g/mol. The smallest absolute Gasteiger partial charge is 0.242 e. The first kappa shape index (κ1) is 21.7. The average Bonchev–Trinajstić information content (AvgIpc) is 2.77. The molecule has 0 radical (unpaired) electrons. The predicted molar refractivity (Wildman–Crippen MR) is 119 cm³/mol. The van der Waals surface area contributed by atoms with Gasteiger partial charge in [-0.25, -0.2) is 12.7 Å². The Morgan fingerprint density at radius 2 is 1.33 bits per heavy atom. The van der Waals surface area contributed by atoms with Crippen LogP contribution in [0.5, 0.6) is 0 Å². The van der Waals surface area contributed by atoms with E-state index in [2.05, 4.69) is 5.32 Å². The van der Waals surface area contributed by atoms with Crippen molar-refractivity contribution in [3.63, 3.8) is 0 Å². The Morgan fingerprint density at radius 1 is 0.833 bits per heavy atom. The summed E-state index contributed by atoms with van der Waals surface area (Å²) in [4.78, 5) is 12.9. The van der Waals surface area contributed by atoms with Gasteiger partial charge < -0.3 is 5.32 Å². The van der Waals surface area contributed by atoms with Crippen molar-refractivity contribution in [1.29, 1.82) is 0 Å². The lowest BCUT2D eigenvalue weighted by atomic mass is 9.88. The minimum atomic E-state index is -3.46. The number of nitrogens with one attached hydrogen (secondary N) is 1. The molecule has 6 heteroatoms. The molecule has 0 aromatic heterocycles. The van der Waals surface area contributed by atoms with Gasteiger partial charge in [0.25, 0.3) is 0 Å². The van der Waals surface area contributed by atoms with Crippen LogP contribution in [0, 0.1) is 0 Å². The molecule has 0 aliphatic carbocycles. The molecule has 30 heavy (non-hydrogen) atoms. The zero-order valence-electron chi connectivity index (χ0n) is 17.2. The maximum absolute atomic E-state index is 12.7. The Labute approximate surface area is 178 Å². The average molecular weight is 423 g/mol. The van der Waals surface area contributed by atoms with Crippen LogP contribution in [0.4, 0.5) is 0 Å². The topological polar surface area (TPSA) is 66.5 Å². The van der Waals surface area contributed by atoms with Gasteiger partial charge in [-0.2, -0.15) is 0 Å². The largest absolute Gasteiger partial charge is 0.352 e. The molecule has 0 unspecified atom stereocenters. The van der Waals surface area contributed by atoms with Crippen LogP contribution < -0.4 is 5.32 Å². The van der Waals surface area contributed by atoms with Gasteiger partial charge in [-0.3, -0.25) is 4.79 Å². The second kappa shape index (κ2) is 9.69. The molecule has 3 aromatic rings. The molecule has 0 atom stereocenters. The number of rotatable bonds is 8. The van der Waals surface area contributed by atoms with Crippen LogP contribution >= 0.6 is 0 Å². The van der Waals surface area contributed by atoms with Gasteiger partial charge in [0.05, 0.1) is 4.90 Å². The molecule has 0 heterocycles. The lowest BCUT2D eigenvalue weighted by molar-refractivity contribution is -0.121. The van der Waals surface area contributed by atoms with Crippen molar-refractivity contribution >= 4 is 15.9 Å². The van der Waals surface area contributed by atoms with Gasteiger partial charge in [0.2, 0.25) is 15.9 Å². The Morgan fingerprint density at radius 3 is 1.80 bits per heavy atom. The summed E-state index contributed by atoms with van der Waals surface area (Å²) in [5, 5.41) is 2.95. The van der Waals surface area contributed by atoms with Crippen LogP contribution in [0.3, 0.4) is 0 Å². The molecule has 3 aromatic carbocycles. The van der Waals surface area contributed by atoms with Crippen LogP contribution in [0.25, 0.3) is 0 Å². The number of nitrogens with zero attached hydrogens (tertiary/aromatic N) is 1. The first-order valence-corrected chi connectivity index (χ1v) is 11.2. The third-order valence-electron chi connectivity index (χ3n) is 4.99. The quantitative estimate of drug-likeness (QED) is 0.601. The summed E-state index contributed by atoms with van der Waals surface area (Å²) in [5.41, 5.74) is 3.03. The van der Waals surface area contributed by atoms with Crippen molar-refractivity contribution in [2.45, 2.75) is 23.8 Å². The van der Waals surface area contributed by atoms with Crippen LogP contribution in [0.1, 0.15) is 29.0 Å². The Bertz CT molecular complexity index is 1020. The van der Waals surface area contributed by atoms with Crippen LogP contribution in [0.2, 0.25) is 0 Å². The number of hydrogen-bond donors (Lipinski definition) is 1. The number of sulfonamides is 1. The summed E-state index contributed by atoms with van der Waals surface area (Å²) in [6, 6.07) is 26.6. The fraction of sp³-hybridized carbons (Fsp3) is 0.208. The molecule has 0 bridgehead atoms. The predicted octanol–water partition coefficient (Wildman–Crippen LogP) is 3.78. The van der Waals surface area contributed by atoms with Crippen molar-refractivity contribution < 1.29 is 13.2 Å². The summed E-state index contributed by atoms with van der Waals surface area (Å²) < 4.78 is 25.5. The summed E-state index contributed by atoms with van der Waals surface area (Å²) >= 11 is 0. The van der Waals surface area contributed by atoms with Crippen molar-refractivity contribution in [3.8, 4) is 0 Å². The summed E-state index contributed by atoms with van der Waals surface area (Å²) in [7, 11) is -0.457. The summed E-state index contributed by atoms with van der Waals surface area (Å²) in [6.45, 7) is 0.345. The Balaban J connectivity index is 1.67. The summed E-state index contributed by atoms with van der Waals surface area (Å²) in [5.74, 6) is -0.0855. The maximum atomic E-state index is 12.7. The van der Waals surface area contributed by atoms with Crippen LogP contribution in [-0.2, 0) is 21.4 Å². The first-order chi connectivity index (χ1) is 14.4. The van der Waals surface area contributed by atoms with E-state index in [1.54, 1.807) is 24.3 Å². The molecule has 0 saturated carbocycles. The molecule has 0 fully saturated rings. The highest BCUT2D eigenvalue weighted by Crippen LogP contribution is 2.27. The van der Waals surface area contributed by atoms with E-state index in [9.17, 15) is 13.2 Å². The molecule has 3 rings (SSSR count). The SMILES string of the molecule is CN(C)S(=O)(=O)c1ccc(CNC(=O)CC(c2ccccc2)c2ccccc2)cc1. The maximum Gasteiger partial charge on any atom is 0.242 e. The molecule has 156 valence electrons. The minimum Gasteiger partial charge on any atom is -0.352 e. The minimum absolute atomic E-state index is 0.0278. The molecule has 1 amide bonds. The van der Waals surface area contributed by atoms with Gasteiger partial charge >= 0.3 is 0 Å². The van der Waals surface area contributed by atoms with Crippen LogP contribution in [0.15, 0.2) is 89.8 Å². The molecule has 1 N–H and O–H groups in total. The van der Waals surface area contributed by atoms with E-state index < -0.39 is 10.0 Å². The molecule has 0 aliphatic rings. The molecule has 0 aliphatic heterocycles. The van der Waals surface area contributed by atoms with Gasteiger partial charge in [-0.15, -0.1) is 0 Å². The standard InChI is InChI=1S/C24H26N2O3S/c1-26(2)30(28,29)22-15-13-19(14-16-22)18-25-24(27)17-23(20-9-5-3-6-10-20)21-11-7-4-8-12-21/h3-16,23H,17-18H2,1-2H3,(H,25,27). The highest BCUT2D eigenvalue weighted by molar-refractivity contribution is 7.89. The van der Waals surface area contributed by atoms with Crippen molar-refractivity contribution in [3.05, 3.63) is 102 Å². The first-order valence-electron chi connectivity index (χ1n) is 9.76. The number of benzene rings is 3. The van der Waals surface area contributed by atoms with E-state index in [4.69, 9.17) is 0 Å². The summed E-state index contributed by atoms with van der Waals surface area (Å²) in [6.07, 6.45) is 0.334. The number of amides is 1. The second-order valence-electron chi connectivity index (χ2n) is 7.29. The van der Waals surface area contributed by atoms with E-state index >= 15 is 0 Å². The van der Waals surface area contributed by atoms with Gasteiger partial charge in [-0.1, -0.05) is 72.8 Å². The zero-order valence-corrected chi connectivity index (χ0v) is 18.0. The molecule has 0 saturated heterocycles. The molecule has 5 nitrogen and oxygen atoms in total. The van der Waals surface area contributed by atoms with Crippen molar-refractivity contribution in [2.75, 3.05) is 14.1 Å². The fourth-order valence-electron chi connectivity index (χ4n) is 3.25. The molecular formula is C24H26N2O3S. The van der Waals surface area contributed by atoms with E-state index in [1.807, 2.05) is 60.7 Å². The van der Waals surface area contributed by atoms with E-state index in [1.165, 1.54) is 18.4 Å². The highest BCUT2D eigenvalue weighted by Gasteiger charge is 2.19. The van der Waals surface area contributed by atoms with E-state index in [0.29, 0.717) is 13.0 Å². The second-order valence-corrected chi connectivity index (χ2v) is 9.44. The van der Waals surface area contributed by atoms with Crippen molar-refractivity contribution in [1.82, 2.24) is 9.62 Å². The van der Waals surface area contributed by atoms with Crippen LogP contribution in [-0.4, -0.2) is 32.7 Å². The Hall–Kier alpha value is -2.96. The lowest BCUT2D eigenvalue weighted by Gasteiger charge is -2.18. The van der Waals surface area contributed by atoms with Gasteiger partial charge in [0, 0.05) is 33.0 Å². The zero-order chi connectivity index (χ0) is 21.6. The van der Waals surface area contributed by atoms with E-state index in [-0.39, 0.29) is 16.7 Å². The number of carbonyl (C=O) groups is 1. The Kier molecular flexibility index (Phi) is 7.03. The molecular weight excluding hydrogens is 396 g/mol. The van der Waals surface area contributed by atoms with E-state index in [0.717, 1.165) is 16.7 Å². The normalized spacial score (nSPS) is 11.6. The van der Waals surface area contributed by atoms with Gasteiger partial charge in [0.1, 0.15) is 0 Å². The van der Waals surface area contributed by atoms with Gasteiger partial charge in [0.15, 0.2) is 0 Å². The highest BCUT2D eigenvalue weighted by atomic mass is 32.2.